The lowest BCUT2D eigenvalue weighted by molar-refractivity contribution is -0.138. The van der Waals surface area contributed by atoms with Gasteiger partial charge in [0.25, 0.3) is 0 Å². The fourth-order valence-corrected chi connectivity index (χ4v) is 6.03. The number of carboxylic acids is 2. The van der Waals surface area contributed by atoms with E-state index >= 15 is 0 Å². The molecule has 0 fully saturated rings. The van der Waals surface area contributed by atoms with E-state index in [9.17, 15) is 23.1 Å². The summed E-state index contributed by atoms with van der Waals surface area (Å²) in [6.07, 6.45) is 6.41. The lowest BCUT2D eigenvalue weighted by Gasteiger charge is -2.08. The molecule has 220 valence electrons. The van der Waals surface area contributed by atoms with E-state index in [1.165, 1.54) is 10.8 Å². The van der Waals surface area contributed by atoms with E-state index in [1.807, 2.05) is 66.7 Å². The van der Waals surface area contributed by atoms with Crippen LogP contribution in [-0.2, 0) is 26.0 Å². The van der Waals surface area contributed by atoms with Crippen molar-refractivity contribution in [3.63, 3.8) is 0 Å². The number of ether oxygens (including phenoxy) is 2. The lowest BCUT2D eigenvalue weighted by Crippen LogP contribution is -2.09. The Morgan fingerprint density at radius 1 is 0.762 bits per heavy atom. The molecular formula is C32H33NO8S. The van der Waals surface area contributed by atoms with Crippen molar-refractivity contribution in [1.82, 2.24) is 4.57 Å². The summed E-state index contributed by atoms with van der Waals surface area (Å²) in [7, 11) is -3.83. The van der Waals surface area contributed by atoms with Crippen LogP contribution < -0.4 is 9.47 Å². The van der Waals surface area contributed by atoms with Crippen LogP contribution >= 0.6 is 0 Å². The van der Waals surface area contributed by atoms with Gasteiger partial charge in [-0.1, -0.05) is 60.7 Å². The van der Waals surface area contributed by atoms with E-state index in [-0.39, 0.29) is 23.5 Å². The Morgan fingerprint density at radius 3 is 2.07 bits per heavy atom. The van der Waals surface area contributed by atoms with Crippen LogP contribution in [-0.4, -0.2) is 54.1 Å². The summed E-state index contributed by atoms with van der Waals surface area (Å²) in [5.41, 5.74) is 2.01. The predicted octanol–water partition coefficient (Wildman–Crippen LogP) is 5.77. The average molecular weight is 592 g/mol. The molecule has 4 rings (SSSR count). The number of carboxylic acid groups (broad SMARTS) is 2. The minimum absolute atomic E-state index is 0.00693. The molecule has 0 aliphatic rings. The molecular weight excluding hydrogens is 558 g/mol. The zero-order valence-electron chi connectivity index (χ0n) is 23.0. The molecule has 10 heteroatoms. The van der Waals surface area contributed by atoms with Crippen LogP contribution in [0.15, 0.2) is 83.9 Å². The largest absolute Gasteiger partial charge is 0.494 e. The van der Waals surface area contributed by atoms with Crippen molar-refractivity contribution >= 4 is 44.8 Å². The van der Waals surface area contributed by atoms with Gasteiger partial charge in [0.1, 0.15) is 18.0 Å². The molecule has 0 radical (unpaired) electrons. The molecule has 0 saturated heterocycles. The van der Waals surface area contributed by atoms with Gasteiger partial charge in [0.05, 0.1) is 29.4 Å². The van der Waals surface area contributed by atoms with Gasteiger partial charge in [-0.25, -0.2) is 8.42 Å². The quantitative estimate of drug-likeness (QED) is 0.124. The van der Waals surface area contributed by atoms with Crippen molar-refractivity contribution in [2.45, 2.75) is 37.1 Å². The first-order valence-corrected chi connectivity index (χ1v) is 15.3. The van der Waals surface area contributed by atoms with Gasteiger partial charge in [-0.2, -0.15) is 0 Å². The highest BCUT2D eigenvalue weighted by atomic mass is 32.2. The maximum Gasteiger partial charge on any atom is 0.323 e. The highest BCUT2D eigenvalue weighted by Gasteiger charge is 2.23. The van der Waals surface area contributed by atoms with Gasteiger partial charge in [0, 0.05) is 18.0 Å². The summed E-state index contributed by atoms with van der Waals surface area (Å²) in [4.78, 5) is 22.4. The molecule has 0 spiro atoms. The number of unbranched alkanes of at least 4 members (excludes halogenated alkanes) is 1. The minimum Gasteiger partial charge on any atom is -0.494 e. The number of para-hydroxylation sites is 2. The van der Waals surface area contributed by atoms with Gasteiger partial charge in [-0.05, 0) is 54.7 Å². The number of hydrogen-bond acceptors (Lipinski definition) is 6. The molecule has 0 atom stereocenters. The maximum atomic E-state index is 13.0. The molecule has 0 bridgehead atoms. The molecule has 1 heterocycles. The molecule has 0 amide bonds. The van der Waals surface area contributed by atoms with Crippen molar-refractivity contribution in [3.05, 3.63) is 90.1 Å². The molecule has 2 N–H and O–H groups in total. The first-order chi connectivity index (χ1) is 20.2. The van der Waals surface area contributed by atoms with Gasteiger partial charge < -0.3 is 24.3 Å². The Bertz CT molecular complexity index is 1640. The van der Waals surface area contributed by atoms with E-state index in [4.69, 9.17) is 14.6 Å². The lowest BCUT2D eigenvalue weighted by atomic mass is 10.1. The Morgan fingerprint density at radius 2 is 1.43 bits per heavy atom. The second-order valence-electron chi connectivity index (χ2n) is 9.69. The molecule has 3 aromatic carbocycles. The highest BCUT2D eigenvalue weighted by molar-refractivity contribution is 7.91. The number of fused-ring (bicyclic) bond motifs is 1. The molecule has 42 heavy (non-hydrogen) atoms. The van der Waals surface area contributed by atoms with Crippen molar-refractivity contribution in [1.29, 1.82) is 0 Å². The number of rotatable bonds is 16. The van der Waals surface area contributed by atoms with E-state index in [0.29, 0.717) is 29.7 Å². The van der Waals surface area contributed by atoms with E-state index in [1.54, 1.807) is 18.2 Å². The maximum absolute atomic E-state index is 13.0. The molecule has 9 nitrogen and oxygen atoms in total. The summed E-state index contributed by atoms with van der Waals surface area (Å²) in [6, 6.07) is 22.4. The van der Waals surface area contributed by atoms with Gasteiger partial charge in [0.15, 0.2) is 9.84 Å². The SMILES string of the molecule is O=C(O)CCCS(=O)(=O)c1cn(CC(=O)O)c2c(/C=C/c3ccc(OCCCCOc4ccccc4)cc3)cccc12. The zero-order chi connectivity index (χ0) is 30.0. The second-order valence-corrected chi connectivity index (χ2v) is 11.8. The Balaban J connectivity index is 1.42. The number of aromatic nitrogens is 1. The average Bonchev–Trinajstić information content (AvgIpc) is 3.34. The first-order valence-electron chi connectivity index (χ1n) is 13.6. The van der Waals surface area contributed by atoms with Crippen molar-refractivity contribution in [3.8, 4) is 11.5 Å². The summed E-state index contributed by atoms with van der Waals surface area (Å²) in [6.45, 7) is 0.770. The predicted molar refractivity (Wildman–Crippen MR) is 161 cm³/mol. The van der Waals surface area contributed by atoms with Crippen molar-refractivity contribution < 1.29 is 37.7 Å². The third-order valence-corrected chi connectivity index (χ3v) is 8.31. The van der Waals surface area contributed by atoms with Gasteiger partial charge in [0.2, 0.25) is 0 Å². The normalized spacial score (nSPS) is 11.6. The number of aliphatic carboxylic acids is 2. The van der Waals surface area contributed by atoms with Crippen molar-refractivity contribution in [2.24, 2.45) is 0 Å². The zero-order valence-corrected chi connectivity index (χ0v) is 23.8. The van der Waals surface area contributed by atoms with Crippen LogP contribution in [0.3, 0.4) is 0 Å². The number of carbonyl (C=O) groups is 2. The first kappa shape index (κ1) is 30.4. The fourth-order valence-electron chi connectivity index (χ4n) is 4.49. The second kappa shape index (κ2) is 14.4. The number of benzene rings is 3. The number of sulfone groups is 1. The van der Waals surface area contributed by atoms with E-state index < -0.39 is 28.3 Å². The van der Waals surface area contributed by atoms with Crippen LogP contribution in [0.1, 0.15) is 36.8 Å². The van der Waals surface area contributed by atoms with Crippen LogP contribution in [0.5, 0.6) is 11.5 Å². The molecule has 0 saturated carbocycles. The monoisotopic (exact) mass is 591 g/mol. The molecule has 0 unspecified atom stereocenters. The topological polar surface area (TPSA) is 132 Å². The van der Waals surface area contributed by atoms with E-state index in [0.717, 1.165) is 29.9 Å². The Kier molecular flexibility index (Phi) is 10.4. The molecule has 0 aliphatic carbocycles. The minimum atomic E-state index is -3.83. The van der Waals surface area contributed by atoms with Gasteiger partial charge in [-0.3, -0.25) is 9.59 Å². The number of hydrogen-bond donors (Lipinski definition) is 2. The third kappa shape index (κ3) is 8.47. The van der Waals surface area contributed by atoms with Crippen LogP contribution in [0, 0.1) is 0 Å². The van der Waals surface area contributed by atoms with Crippen LogP contribution in [0.2, 0.25) is 0 Å². The van der Waals surface area contributed by atoms with Crippen LogP contribution in [0.25, 0.3) is 23.1 Å². The standard InChI is InChI=1S/C32H33NO8S/c34-30(35)12-7-21-42(38,39)29-22-33(23-31(36)37)32-25(8-6-11-28(29)32)16-13-24-14-17-27(18-15-24)41-20-5-4-19-40-26-9-2-1-3-10-26/h1-3,6,8-11,13-18,22H,4-5,7,12,19-21,23H2,(H,34,35)(H,36,37)/b16-13+. The van der Waals surface area contributed by atoms with Gasteiger partial charge in [-0.15, -0.1) is 0 Å². The number of nitrogens with zero attached hydrogens (tertiary/aromatic N) is 1. The summed E-state index contributed by atoms with van der Waals surface area (Å²) < 4.78 is 39.0. The summed E-state index contributed by atoms with van der Waals surface area (Å²) in [5, 5.41) is 18.7. The van der Waals surface area contributed by atoms with E-state index in [2.05, 4.69) is 0 Å². The smallest absolute Gasteiger partial charge is 0.323 e. The summed E-state index contributed by atoms with van der Waals surface area (Å²) >= 11 is 0. The van der Waals surface area contributed by atoms with Crippen LogP contribution in [0.4, 0.5) is 0 Å². The third-order valence-electron chi connectivity index (χ3n) is 6.49. The molecule has 0 aliphatic heterocycles. The molecule has 1 aromatic heterocycles. The Hall–Kier alpha value is -4.57. The Labute approximate surface area is 244 Å². The van der Waals surface area contributed by atoms with Crippen molar-refractivity contribution in [2.75, 3.05) is 19.0 Å². The summed E-state index contributed by atoms with van der Waals surface area (Å²) in [5.74, 6) is -0.936. The van der Waals surface area contributed by atoms with Gasteiger partial charge >= 0.3 is 11.9 Å². The fraction of sp³-hybridized carbons (Fsp3) is 0.250. The highest BCUT2D eigenvalue weighted by Crippen LogP contribution is 2.31. The molecule has 4 aromatic rings.